The predicted molar refractivity (Wildman–Crippen MR) is 130 cm³/mol. The van der Waals surface area contributed by atoms with E-state index in [1.807, 2.05) is 0 Å². The highest BCUT2D eigenvalue weighted by Gasteiger charge is 2.44. The summed E-state index contributed by atoms with van der Waals surface area (Å²) in [5.41, 5.74) is 1.12. The summed E-state index contributed by atoms with van der Waals surface area (Å²) in [7, 11) is -1.86. The van der Waals surface area contributed by atoms with Gasteiger partial charge in [-0.05, 0) is 37.4 Å². The van der Waals surface area contributed by atoms with Gasteiger partial charge in [-0.25, -0.2) is 4.79 Å². The molecule has 1 amide bonds. The zero-order valence-corrected chi connectivity index (χ0v) is 22.9. The minimum Gasteiger partial charge on any atom is -0.444 e. The van der Waals surface area contributed by atoms with Crippen LogP contribution in [-0.4, -0.2) is 84.0 Å². The van der Waals surface area contributed by atoms with Crippen molar-refractivity contribution in [3.8, 4) is 0 Å². The van der Waals surface area contributed by atoms with Crippen LogP contribution in [0.15, 0.2) is 0 Å². The van der Waals surface area contributed by atoms with Crippen molar-refractivity contribution in [2.75, 3.05) is 52.8 Å². The van der Waals surface area contributed by atoms with Crippen LogP contribution >= 0.6 is 0 Å². The summed E-state index contributed by atoms with van der Waals surface area (Å²) in [4.78, 5) is 11.5. The number of rotatable bonds is 17. The molecule has 2 N–H and O–H groups in total. The van der Waals surface area contributed by atoms with E-state index in [9.17, 15) is 9.90 Å². The largest absolute Gasteiger partial charge is 0.444 e. The van der Waals surface area contributed by atoms with Gasteiger partial charge >= 0.3 is 6.09 Å². The Labute approximate surface area is 196 Å². The van der Waals surface area contributed by atoms with E-state index in [4.69, 9.17) is 23.4 Å². The van der Waals surface area contributed by atoms with Gasteiger partial charge < -0.3 is 33.8 Å². The van der Waals surface area contributed by atoms with E-state index in [2.05, 4.69) is 46.9 Å². The van der Waals surface area contributed by atoms with Crippen LogP contribution in [0.1, 0.15) is 62.3 Å². The highest BCUT2D eigenvalue weighted by molar-refractivity contribution is 6.77. The molecule has 9 heteroatoms. The van der Waals surface area contributed by atoms with E-state index in [0.717, 1.165) is 0 Å². The van der Waals surface area contributed by atoms with Crippen LogP contribution in [0.2, 0.25) is 16.6 Å². The monoisotopic (exact) mass is 479 g/mol. The molecule has 0 bridgehead atoms. The van der Waals surface area contributed by atoms with Crippen molar-refractivity contribution in [2.24, 2.45) is 0 Å². The van der Waals surface area contributed by atoms with Gasteiger partial charge in [-0.2, -0.15) is 0 Å². The summed E-state index contributed by atoms with van der Waals surface area (Å²) in [6, 6.07) is 0. The summed E-state index contributed by atoms with van der Waals surface area (Å²) in [6.07, 6.45) is -0.911. The van der Waals surface area contributed by atoms with Crippen LogP contribution in [0.5, 0.6) is 0 Å². The van der Waals surface area contributed by atoms with E-state index < -0.39 is 26.1 Å². The molecule has 0 fully saturated rings. The van der Waals surface area contributed by atoms with Gasteiger partial charge in [-0.3, -0.25) is 0 Å². The molecule has 0 unspecified atom stereocenters. The molecule has 0 spiro atoms. The summed E-state index contributed by atoms with van der Waals surface area (Å²) < 4.78 is 28.3. The van der Waals surface area contributed by atoms with Crippen molar-refractivity contribution < 1.29 is 33.3 Å². The predicted octanol–water partition coefficient (Wildman–Crippen LogP) is 4.11. The Morgan fingerprint density at radius 3 is 1.94 bits per heavy atom. The molecule has 0 rings (SSSR count). The Balaban J connectivity index is 3.96. The SMILES string of the molecule is CC(C)[Si](OCCOCCO[C@@H](CO)COCCNC(=O)OC(C)(C)C)(C(C)C)C(C)C. The molecule has 0 aliphatic heterocycles. The van der Waals surface area contributed by atoms with Crippen molar-refractivity contribution in [1.29, 1.82) is 0 Å². The van der Waals surface area contributed by atoms with Gasteiger partial charge in [0.2, 0.25) is 0 Å². The molecule has 8 nitrogen and oxygen atoms in total. The van der Waals surface area contributed by atoms with E-state index >= 15 is 0 Å². The Hall–Kier alpha value is -0.713. The lowest BCUT2D eigenvalue weighted by atomic mass is 10.2. The van der Waals surface area contributed by atoms with Crippen LogP contribution in [0.3, 0.4) is 0 Å². The van der Waals surface area contributed by atoms with Crippen LogP contribution in [-0.2, 0) is 23.4 Å². The fraction of sp³-hybridized carbons (Fsp3) is 0.957. The first-order valence-corrected chi connectivity index (χ1v) is 14.0. The third kappa shape index (κ3) is 12.5. The van der Waals surface area contributed by atoms with Gasteiger partial charge in [0.15, 0.2) is 8.32 Å². The molecule has 0 aromatic rings. The van der Waals surface area contributed by atoms with Crippen molar-refractivity contribution in [3.05, 3.63) is 0 Å². The Kier molecular flexibility index (Phi) is 15.6. The number of aliphatic hydroxyl groups excluding tert-OH is 1. The van der Waals surface area contributed by atoms with Crippen LogP contribution in [0.25, 0.3) is 0 Å². The van der Waals surface area contributed by atoms with Gasteiger partial charge in [0.1, 0.15) is 11.7 Å². The molecular formula is C23H49NO7Si. The molecule has 0 aromatic carbocycles. The average molecular weight is 480 g/mol. The highest BCUT2D eigenvalue weighted by atomic mass is 28.4. The summed E-state index contributed by atoms with van der Waals surface area (Å²) in [6.45, 7) is 21.7. The molecule has 0 saturated carbocycles. The van der Waals surface area contributed by atoms with E-state index in [-0.39, 0.29) is 13.2 Å². The molecule has 0 aromatic heterocycles. The normalized spacial score (nSPS) is 13.8. The first kappa shape index (κ1) is 31.3. The molecule has 0 heterocycles. The number of amides is 1. The van der Waals surface area contributed by atoms with E-state index in [1.54, 1.807) is 20.8 Å². The van der Waals surface area contributed by atoms with Gasteiger partial charge in [-0.1, -0.05) is 41.5 Å². The summed E-state index contributed by atoms with van der Waals surface area (Å²) in [5.74, 6) is 0. The van der Waals surface area contributed by atoms with Crippen molar-refractivity contribution in [3.63, 3.8) is 0 Å². The minimum absolute atomic E-state index is 0.145. The standard InChI is InChI=1S/C23H49NO7Si/c1-18(2)32(19(3)4,20(5)6)30-15-13-27-12-14-29-21(16-25)17-28-11-10-24-22(26)31-23(7,8)9/h18-21,25H,10-17H2,1-9H3,(H,24,26)/t21-/m0/s1. The number of carbonyl (C=O) groups excluding carboxylic acids is 1. The second-order valence-electron chi connectivity index (χ2n) is 9.96. The molecule has 0 aliphatic carbocycles. The molecular weight excluding hydrogens is 430 g/mol. The second kappa shape index (κ2) is 16.0. The fourth-order valence-corrected chi connectivity index (χ4v) is 9.50. The first-order chi connectivity index (χ1) is 14.9. The van der Waals surface area contributed by atoms with Crippen LogP contribution in [0.4, 0.5) is 4.79 Å². The smallest absolute Gasteiger partial charge is 0.407 e. The molecule has 1 atom stereocenters. The molecule has 0 radical (unpaired) electrons. The van der Waals surface area contributed by atoms with Crippen molar-refractivity contribution in [1.82, 2.24) is 5.32 Å². The maximum absolute atomic E-state index is 11.5. The lowest BCUT2D eigenvalue weighted by molar-refractivity contribution is -0.0599. The van der Waals surface area contributed by atoms with E-state index in [0.29, 0.717) is 56.2 Å². The Morgan fingerprint density at radius 1 is 0.875 bits per heavy atom. The maximum Gasteiger partial charge on any atom is 0.407 e. The third-order valence-electron chi connectivity index (χ3n) is 5.29. The second-order valence-corrected chi connectivity index (χ2v) is 15.4. The molecule has 0 saturated heterocycles. The topological polar surface area (TPSA) is 95.5 Å². The zero-order chi connectivity index (χ0) is 24.8. The number of alkyl carbamates (subject to hydrolysis) is 1. The number of carbonyl (C=O) groups is 1. The Morgan fingerprint density at radius 2 is 1.44 bits per heavy atom. The molecule has 0 aliphatic rings. The molecule has 32 heavy (non-hydrogen) atoms. The quantitative estimate of drug-likeness (QED) is 0.239. The Bertz CT molecular complexity index is 473. The lowest BCUT2D eigenvalue weighted by Gasteiger charge is -2.42. The maximum atomic E-state index is 11.5. The van der Waals surface area contributed by atoms with Gasteiger partial charge in [-0.15, -0.1) is 0 Å². The van der Waals surface area contributed by atoms with E-state index in [1.165, 1.54) is 0 Å². The average Bonchev–Trinajstić information content (AvgIpc) is 2.65. The minimum atomic E-state index is -1.86. The van der Waals surface area contributed by atoms with Gasteiger partial charge in [0.25, 0.3) is 0 Å². The number of hydrogen-bond acceptors (Lipinski definition) is 7. The summed E-state index contributed by atoms with van der Waals surface area (Å²) in [5, 5.41) is 12.0. The lowest BCUT2D eigenvalue weighted by Crippen LogP contribution is -2.48. The molecule has 192 valence electrons. The van der Waals surface area contributed by atoms with Crippen LogP contribution in [0, 0.1) is 0 Å². The fourth-order valence-electron chi connectivity index (χ4n) is 4.06. The summed E-state index contributed by atoms with van der Waals surface area (Å²) >= 11 is 0. The first-order valence-electron chi connectivity index (χ1n) is 11.9. The number of aliphatic hydroxyl groups is 1. The van der Waals surface area contributed by atoms with Gasteiger partial charge in [0, 0.05) is 6.54 Å². The number of nitrogens with one attached hydrogen (secondary N) is 1. The third-order valence-corrected chi connectivity index (χ3v) is 11.4. The van der Waals surface area contributed by atoms with Crippen molar-refractivity contribution in [2.45, 2.75) is 90.6 Å². The highest BCUT2D eigenvalue weighted by Crippen LogP contribution is 2.42. The van der Waals surface area contributed by atoms with Crippen molar-refractivity contribution >= 4 is 14.4 Å². The van der Waals surface area contributed by atoms with Crippen LogP contribution < -0.4 is 5.32 Å². The van der Waals surface area contributed by atoms with Gasteiger partial charge in [0.05, 0.1) is 46.2 Å². The number of hydrogen-bond donors (Lipinski definition) is 2. The number of ether oxygens (including phenoxy) is 4. The zero-order valence-electron chi connectivity index (χ0n) is 21.9.